The van der Waals surface area contributed by atoms with Crippen LogP contribution in [0.25, 0.3) is 22.0 Å². The Morgan fingerprint density at radius 2 is 1.81 bits per heavy atom. The number of nitrogens with zero attached hydrogens (tertiary/aromatic N) is 3. The molecule has 10 heteroatoms. The number of carboxylic acid groups (broad SMARTS) is 1. The van der Waals surface area contributed by atoms with Crippen molar-refractivity contribution in [1.29, 1.82) is 0 Å². The number of piperidine rings is 1. The van der Waals surface area contributed by atoms with E-state index < -0.39 is 11.6 Å². The topological polar surface area (TPSA) is 111 Å². The molecule has 7 rings (SSSR count). The predicted octanol–water partition coefficient (Wildman–Crippen LogP) is 5.05. The third-order valence-corrected chi connectivity index (χ3v) is 8.86. The molecule has 0 unspecified atom stereocenters. The van der Waals surface area contributed by atoms with Gasteiger partial charge in [-0.05, 0) is 61.2 Å². The molecule has 1 aliphatic carbocycles. The third-order valence-electron chi connectivity index (χ3n) is 8.86. The van der Waals surface area contributed by atoms with Gasteiger partial charge < -0.3 is 24.0 Å². The van der Waals surface area contributed by atoms with E-state index in [0.29, 0.717) is 65.7 Å². The molecule has 0 bridgehead atoms. The molecule has 4 heterocycles. The van der Waals surface area contributed by atoms with Gasteiger partial charge in [-0.25, -0.2) is 4.79 Å². The summed E-state index contributed by atoms with van der Waals surface area (Å²) in [5, 5.41) is 10.4. The van der Waals surface area contributed by atoms with Crippen LogP contribution >= 0.6 is 0 Å². The van der Waals surface area contributed by atoms with E-state index >= 15 is 0 Å². The van der Waals surface area contributed by atoms with Crippen molar-refractivity contribution in [3.8, 4) is 22.6 Å². The number of aromatic nitrogens is 2. The third kappa shape index (κ3) is 5.24. The number of ether oxygens (including phenoxy) is 2. The summed E-state index contributed by atoms with van der Waals surface area (Å²) in [4.78, 5) is 44.3. The van der Waals surface area contributed by atoms with E-state index in [0.717, 1.165) is 29.3 Å². The molecule has 0 atom stereocenters. The summed E-state index contributed by atoms with van der Waals surface area (Å²) >= 11 is 0. The van der Waals surface area contributed by atoms with Crippen LogP contribution in [0.5, 0.6) is 11.5 Å². The van der Waals surface area contributed by atoms with Crippen molar-refractivity contribution in [2.24, 2.45) is 0 Å². The molecule has 2 fully saturated rings. The molecular formula is C33H32N3NaO6. The van der Waals surface area contributed by atoms with Crippen LogP contribution in [0.2, 0.25) is 0 Å². The first-order valence-corrected chi connectivity index (χ1v) is 14.3. The quantitative estimate of drug-likeness (QED) is 0.325. The van der Waals surface area contributed by atoms with Crippen LogP contribution < -0.4 is 9.47 Å². The standard InChI is InChI=1S/C33H31N3O6.Na.H/c1-19-18-36(24-4-5-24)26-13-21(14-29(41-2)30(19)26)31(38)35-9-7-33(8-10-35)15-27(37)25-12-20(3-6-28(25)42-33)22-11-23(32(39)40)17-34-16-22;;/h3,6,11-14,16-18,24H,4-5,7-10,15H2,1-2H3,(H,39,40);;. The number of carbonyl (C=O) groups excluding carboxylic acids is 2. The van der Waals surface area contributed by atoms with Gasteiger partial charge in [0.1, 0.15) is 17.1 Å². The molecule has 43 heavy (non-hydrogen) atoms. The number of methoxy groups -OCH3 is 1. The summed E-state index contributed by atoms with van der Waals surface area (Å²) in [6, 6.07) is 11.2. The Kier molecular flexibility index (Phi) is 7.61. The number of ketones is 1. The molecule has 2 aromatic carbocycles. The molecule has 1 spiro atoms. The van der Waals surface area contributed by atoms with E-state index in [1.807, 2.05) is 23.1 Å². The Bertz CT molecular complexity index is 1780. The van der Waals surface area contributed by atoms with E-state index in [1.165, 1.54) is 12.3 Å². The molecule has 0 radical (unpaired) electrons. The molecule has 216 valence electrons. The van der Waals surface area contributed by atoms with E-state index in [9.17, 15) is 19.5 Å². The van der Waals surface area contributed by atoms with Crippen molar-refractivity contribution in [1.82, 2.24) is 14.5 Å². The van der Waals surface area contributed by atoms with Crippen molar-refractivity contribution in [3.05, 3.63) is 77.2 Å². The molecule has 1 saturated carbocycles. The van der Waals surface area contributed by atoms with Gasteiger partial charge in [0.15, 0.2) is 5.78 Å². The number of Topliss-reactive ketones (excluding diaryl/α,β-unsaturated/α-hetero) is 1. The number of carbonyl (C=O) groups is 3. The van der Waals surface area contributed by atoms with Gasteiger partial charge in [0, 0.05) is 67.1 Å². The van der Waals surface area contributed by atoms with Crippen molar-refractivity contribution in [2.45, 2.75) is 50.7 Å². The Labute approximate surface area is 271 Å². The number of aromatic carboxylic acids is 1. The van der Waals surface area contributed by atoms with Crippen LogP contribution in [0, 0.1) is 6.92 Å². The second-order valence-electron chi connectivity index (χ2n) is 11.7. The number of pyridine rings is 1. The van der Waals surface area contributed by atoms with Gasteiger partial charge in [0.2, 0.25) is 0 Å². The van der Waals surface area contributed by atoms with Crippen molar-refractivity contribution in [3.63, 3.8) is 0 Å². The Hall–Kier alpha value is -3.66. The number of benzene rings is 2. The molecule has 9 nitrogen and oxygen atoms in total. The summed E-state index contributed by atoms with van der Waals surface area (Å²) in [5.74, 6) is 0.103. The molecule has 1 saturated heterocycles. The van der Waals surface area contributed by atoms with E-state index in [1.54, 1.807) is 25.4 Å². The van der Waals surface area contributed by atoms with Crippen molar-refractivity contribution < 1.29 is 29.0 Å². The van der Waals surface area contributed by atoms with Gasteiger partial charge >= 0.3 is 35.5 Å². The van der Waals surface area contributed by atoms with Crippen LogP contribution in [-0.4, -0.2) is 92.6 Å². The number of hydrogen-bond donors (Lipinski definition) is 1. The van der Waals surface area contributed by atoms with Crippen LogP contribution in [0.3, 0.4) is 0 Å². The Balaban J connectivity index is 0.00000329. The maximum absolute atomic E-state index is 13.7. The summed E-state index contributed by atoms with van der Waals surface area (Å²) in [7, 11) is 1.64. The zero-order valence-electron chi connectivity index (χ0n) is 23.6. The van der Waals surface area contributed by atoms with E-state index in [-0.39, 0.29) is 53.2 Å². The van der Waals surface area contributed by atoms with Gasteiger partial charge in [-0.1, -0.05) is 6.07 Å². The van der Waals surface area contributed by atoms with E-state index in [2.05, 4.69) is 22.7 Å². The minimum absolute atomic E-state index is 0. The fourth-order valence-electron chi connectivity index (χ4n) is 6.45. The number of rotatable bonds is 5. The van der Waals surface area contributed by atoms with Crippen LogP contribution in [0.1, 0.15) is 74.8 Å². The number of aryl methyl sites for hydroxylation is 1. The second kappa shape index (κ2) is 11.1. The van der Waals surface area contributed by atoms with Crippen LogP contribution in [0.4, 0.5) is 0 Å². The average molecular weight is 590 g/mol. The van der Waals surface area contributed by atoms with Gasteiger partial charge in [0.25, 0.3) is 5.91 Å². The van der Waals surface area contributed by atoms with Crippen molar-refractivity contribution in [2.75, 3.05) is 20.2 Å². The normalized spacial score (nSPS) is 17.3. The van der Waals surface area contributed by atoms with E-state index in [4.69, 9.17) is 9.47 Å². The molecular weight excluding hydrogens is 557 g/mol. The second-order valence-corrected chi connectivity index (χ2v) is 11.7. The van der Waals surface area contributed by atoms with Gasteiger partial charge in [-0.3, -0.25) is 14.6 Å². The number of carboxylic acids is 1. The van der Waals surface area contributed by atoms with Gasteiger partial charge in [0.05, 0.1) is 30.2 Å². The fourth-order valence-corrected chi connectivity index (χ4v) is 6.45. The molecule has 4 aromatic rings. The monoisotopic (exact) mass is 589 g/mol. The number of likely N-dealkylation sites (tertiary alicyclic amines) is 1. The summed E-state index contributed by atoms with van der Waals surface area (Å²) in [6.07, 6.45) is 8.65. The Morgan fingerprint density at radius 1 is 1.05 bits per heavy atom. The predicted molar refractivity (Wildman–Crippen MR) is 163 cm³/mol. The molecule has 2 aromatic heterocycles. The first kappa shape index (κ1) is 29.4. The Morgan fingerprint density at radius 3 is 2.51 bits per heavy atom. The average Bonchev–Trinajstić information content (AvgIpc) is 3.79. The molecule has 1 amide bonds. The van der Waals surface area contributed by atoms with Gasteiger partial charge in [-0.2, -0.15) is 0 Å². The number of amides is 1. The van der Waals surface area contributed by atoms with Crippen LogP contribution in [0.15, 0.2) is 55.0 Å². The van der Waals surface area contributed by atoms with Gasteiger partial charge in [-0.15, -0.1) is 0 Å². The summed E-state index contributed by atoms with van der Waals surface area (Å²) < 4.78 is 14.5. The van der Waals surface area contributed by atoms with Crippen LogP contribution in [-0.2, 0) is 0 Å². The SMILES string of the molecule is COc1cc(C(=O)N2CCC3(CC2)CC(=O)c2cc(-c4cncc(C(=O)O)c4)ccc2O3)cc2c1c(C)cn2C1CC1.[NaH]. The molecule has 2 aliphatic heterocycles. The zero-order chi connectivity index (χ0) is 29.2. The minimum atomic E-state index is -1.06. The number of fused-ring (bicyclic) bond motifs is 2. The summed E-state index contributed by atoms with van der Waals surface area (Å²) in [6.45, 7) is 3.04. The van der Waals surface area contributed by atoms with Crippen molar-refractivity contribution >= 4 is 58.1 Å². The molecule has 3 aliphatic rings. The summed E-state index contributed by atoms with van der Waals surface area (Å²) in [5.41, 5.74) is 4.01. The first-order chi connectivity index (χ1) is 20.2. The zero-order valence-corrected chi connectivity index (χ0v) is 23.6. The fraction of sp³-hybridized carbons (Fsp3) is 0.333. The molecule has 1 N–H and O–H groups in total. The first-order valence-electron chi connectivity index (χ1n) is 14.3. The maximum atomic E-state index is 13.7. The number of hydrogen-bond acceptors (Lipinski definition) is 6.